The second-order valence-corrected chi connectivity index (χ2v) is 4.15. The number of amides is 2. The molecule has 0 aromatic carbocycles. The highest BCUT2D eigenvalue weighted by Crippen LogP contribution is 2.17. The van der Waals surface area contributed by atoms with E-state index in [1.54, 1.807) is 13.8 Å². The maximum atomic E-state index is 11.4. The molecule has 0 aliphatic heterocycles. The fraction of sp³-hybridized carbons (Fsp3) is 0.444. The zero-order valence-corrected chi connectivity index (χ0v) is 9.23. The van der Waals surface area contributed by atoms with Crippen molar-refractivity contribution in [2.24, 2.45) is 17.0 Å². The summed E-state index contributed by atoms with van der Waals surface area (Å²) in [6.07, 6.45) is 2.85. The Morgan fingerprint density at radius 3 is 2.62 bits per heavy atom. The molecule has 0 aliphatic carbocycles. The number of nitrogens with zero attached hydrogens (tertiary/aromatic N) is 2. The number of hydrogen-bond acceptors (Lipinski definition) is 4. The molecule has 0 unspecified atom stereocenters. The molecule has 1 rings (SSSR count). The van der Waals surface area contributed by atoms with E-state index < -0.39 is 11.3 Å². The van der Waals surface area contributed by atoms with Crippen LogP contribution in [0.25, 0.3) is 0 Å². The molecule has 88 valence electrons. The van der Waals surface area contributed by atoms with Crippen LogP contribution in [-0.4, -0.2) is 21.6 Å². The Morgan fingerprint density at radius 1 is 1.56 bits per heavy atom. The molecular formula is C9H15N5O2. The minimum atomic E-state index is -0.713. The van der Waals surface area contributed by atoms with Gasteiger partial charge in [-0.2, -0.15) is 5.10 Å². The molecule has 1 aromatic rings. The van der Waals surface area contributed by atoms with Gasteiger partial charge in [-0.3, -0.25) is 19.7 Å². The van der Waals surface area contributed by atoms with Gasteiger partial charge in [0.2, 0.25) is 5.91 Å². The molecule has 0 spiro atoms. The van der Waals surface area contributed by atoms with Crippen LogP contribution in [-0.2, 0) is 11.3 Å². The molecular weight excluding hydrogens is 210 g/mol. The Bertz CT molecular complexity index is 410. The van der Waals surface area contributed by atoms with Crippen molar-refractivity contribution in [1.82, 2.24) is 15.2 Å². The largest absolute Gasteiger partial charge is 0.366 e. The number of hydrogen-bond donors (Lipinski definition) is 3. The van der Waals surface area contributed by atoms with Gasteiger partial charge in [0.05, 0.1) is 23.7 Å². The Labute approximate surface area is 92.8 Å². The molecule has 2 amide bonds. The van der Waals surface area contributed by atoms with E-state index in [-0.39, 0.29) is 5.91 Å². The van der Waals surface area contributed by atoms with Gasteiger partial charge in [-0.1, -0.05) is 0 Å². The first-order chi connectivity index (χ1) is 7.36. The van der Waals surface area contributed by atoms with Crippen molar-refractivity contribution in [3.05, 3.63) is 18.0 Å². The first kappa shape index (κ1) is 12.2. The summed E-state index contributed by atoms with van der Waals surface area (Å²) in [7, 11) is 0. The summed E-state index contributed by atoms with van der Waals surface area (Å²) in [5.74, 6) is 4.21. The maximum Gasteiger partial charge on any atom is 0.251 e. The minimum absolute atomic E-state index is 0.302. The van der Waals surface area contributed by atoms with Crippen molar-refractivity contribution in [2.75, 3.05) is 0 Å². The van der Waals surface area contributed by atoms with Crippen LogP contribution in [0.5, 0.6) is 0 Å². The van der Waals surface area contributed by atoms with Gasteiger partial charge in [-0.05, 0) is 13.8 Å². The lowest BCUT2D eigenvalue weighted by atomic mass is 9.93. The van der Waals surface area contributed by atoms with Crippen LogP contribution in [0.15, 0.2) is 12.4 Å². The number of primary amides is 1. The summed E-state index contributed by atoms with van der Waals surface area (Å²) >= 11 is 0. The molecule has 7 nitrogen and oxygen atoms in total. The molecule has 16 heavy (non-hydrogen) atoms. The third-order valence-electron chi connectivity index (χ3n) is 2.22. The maximum absolute atomic E-state index is 11.4. The fourth-order valence-electron chi connectivity index (χ4n) is 1.25. The van der Waals surface area contributed by atoms with Gasteiger partial charge in [0.25, 0.3) is 5.91 Å². The Hall–Kier alpha value is -1.89. The molecule has 0 radical (unpaired) electrons. The van der Waals surface area contributed by atoms with Gasteiger partial charge in [0.15, 0.2) is 0 Å². The van der Waals surface area contributed by atoms with Crippen LogP contribution < -0.4 is 17.0 Å². The molecule has 0 atom stereocenters. The van der Waals surface area contributed by atoms with E-state index in [0.717, 1.165) is 0 Å². The summed E-state index contributed by atoms with van der Waals surface area (Å²) in [6, 6.07) is 0. The zero-order valence-electron chi connectivity index (χ0n) is 9.23. The van der Waals surface area contributed by atoms with Gasteiger partial charge >= 0.3 is 0 Å². The van der Waals surface area contributed by atoms with E-state index in [4.69, 9.17) is 11.6 Å². The molecule has 0 saturated carbocycles. The SMILES string of the molecule is CC(C)(Cn1cc(C(N)=O)cn1)C(=O)NN. The second kappa shape index (κ2) is 4.31. The van der Waals surface area contributed by atoms with Crippen LogP contribution in [0.2, 0.25) is 0 Å². The normalized spacial score (nSPS) is 11.2. The third kappa shape index (κ3) is 2.57. The van der Waals surface area contributed by atoms with Gasteiger partial charge in [0.1, 0.15) is 0 Å². The van der Waals surface area contributed by atoms with E-state index in [1.165, 1.54) is 17.1 Å². The number of hydrazine groups is 1. The van der Waals surface area contributed by atoms with E-state index in [9.17, 15) is 9.59 Å². The van der Waals surface area contributed by atoms with Crippen LogP contribution >= 0.6 is 0 Å². The number of nitrogens with one attached hydrogen (secondary N) is 1. The quantitative estimate of drug-likeness (QED) is 0.346. The Balaban J connectivity index is 2.80. The van der Waals surface area contributed by atoms with E-state index >= 15 is 0 Å². The fourth-order valence-corrected chi connectivity index (χ4v) is 1.25. The zero-order chi connectivity index (χ0) is 12.3. The third-order valence-corrected chi connectivity index (χ3v) is 2.22. The lowest BCUT2D eigenvalue weighted by Crippen LogP contribution is -2.43. The Kier molecular flexibility index (Phi) is 3.28. The summed E-state index contributed by atoms with van der Waals surface area (Å²) in [6.45, 7) is 3.75. The highest BCUT2D eigenvalue weighted by molar-refractivity contribution is 5.92. The van der Waals surface area contributed by atoms with Gasteiger partial charge < -0.3 is 5.73 Å². The molecule has 1 heterocycles. The van der Waals surface area contributed by atoms with Crippen molar-refractivity contribution in [3.8, 4) is 0 Å². The molecule has 5 N–H and O–H groups in total. The number of nitrogens with two attached hydrogens (primary N) is 2. The molecule has 1 aromatic heterocycles. The topological polar surface area (TPSA) is 116 Å². The molecule has 0 fully saturated rings. The average Bonchev–Trinajstić information content (AvgIpc) is 2.64. The van der Waals surface area contributed by atoms with E-state index in [1.807, 2.05) is 0 Å². The summed E-state index contributed by atoms with van der Waals surface area (Å²) in [5, 5.41) is 3.93. The smallest absolute Gasteiger partial charge is 0.251 e. The summed E-state index contributed by atoms with van der Waals surface area (Å²) in [5.41, 5.74) is 6.77. The van der Waals surface area contributed by atoms with Gasteiger partial charge in [-0.25, -0.2) is 5.84 Å². The van der Waals surface area contributed by atoms with Crippen LogP contribution in [0.1, 0.15) is 24.2 Å². The predicted octanol–water partition coefficient (Wildman–Crippen LogP) is -1.00. The molecule has 0 aliphatic rings. The van der Waals surface area contributed by atoms with E-state index in [2.05, 4.69) is 10.5 Å². The number of carbonyl (C=O) groups excluding carboxylic acids is 2. The summed E-state index contributed by atoms with van der Waals surface area (Å²) < 4.78 is 1.48. The highest BCUT2D eigenvalue weighted by atomic mass is 16.2. The first-order valence-electron chi connectivity index (χ1n) is 4.70. The second-order valence-electron chi connectivity index (χ2n) is 4.15. The van der Waals surface area contributed by atoms with Crippen LogP contribution in [0.3, 0.4) is 0 Å². The number of aromatic nitrogens is 2. The molecule has 0 bridgehead atoms. The lowest BCUT2D eigenvalue weighted by Gasteiger charge is -2.21. The van der Waals surface area contributed by atoms with Crippen molar-refractivity contribution >= 4 is 11.8 Å². The van der Waals surface area contributed by atoms with Crippen molar-refractivity contribution < 1.29 is 9.59 Å². The number of carbonyl (C=O) groups is 2. The minimum Gasteiger partial charge on any atom is -0.366 e. The van der Waals surface area contributed by atoms with Crippen LogP contribution in [0, 0.1) is 5.41 Å². The lowest BCUT2D eigenvalue weighted by molar-refractivity contribution is -0.130. The van der Waals surface area contributed by atoms with Crippen molar-refractivity contribution in [2.45, 2.75) is 20.4 Å². The van der Waals surface area contributed by atoms with Crippen molar-refractivity contribution in [3.63, 3.8) is 0 Å². The van der Waals surface area contributed by atoms with Gasteiger partial charge in [0, 0.05) is 6.20 Å². The highest BCUT2D eigenvalue weighted by Gasteiger charge is 2.28. The Morgan fingerprint density at radius 2 is 2.19 bits per heavy atom. The molecule has 0 saturated heterocycles. The first-order valence-corrected chi connectivity index (χ1v) is 4.70. The average molecular weight is 225 g/mol. The number of rotatable bonds is 4. The predicted molar refractivity (Wildman–Crippen MR) is 56.9 cm³/mol. The van der Waals surface area contributed by atoms with E-state index in [0.29, 0.717) is 12.1 Å². The summed E-state index contributed by atoms with van der Waals surface area (Å²) in [4.78, 5) is 22.2. The monoisotopic (exact) mass is 225 g/mol. The van der Waals surface area contributed by atoms with Crippen LogP contribution in [0.4, 0.5) is 0 Å². The van der Waals surface area contributed by atoms with Gasteiger partial charge in [-0.15, -0.1) is 0 Å². The molecule has 7 heteroatoms. The van der Waals surface area contributed by atoms with Crippen molar-refractivity contribution in [1.29, 1.82) is 0 Å². The standard InChI is InChI=1S/C9H15N5O2/c1-9(2,8(16)13-11)5-14-4-6(3-12-14)7(10)15/h3-4H,5,11H2,1-2H3,(H2,10,15)(H,13,16).